The molecule has 1 aromatic carbocycles. The molecule has 0 aliphatic carbocycles. The predicted molar refractivity (Wildman–Crippen MR) is 96.3 cm³/mol. The maximum atomic E-state index is 15.0. The van der Waals surface area contributed by atoms with Crippen molar-refractivity contribution in [1.82, 2.24) is 4.48 Å². The molecule has 2 aromatic rings. The molecule has 0 amide bonds. The van der Waals surface area contributed by atoms with Gasteiger partial charge in [-0.15, -0.1) is 0 Å². The molecule has 0 N–H and O–H groups in total. The van der Waals surface area contributed by atoms with Crippen molar-refractivity contribution in [2.75, 3.05) is 0 Å². The van der Waals surface area contributed by atoms with Crippen molar-refractivity contribution in [3.05, 3.63) is 75.1 Å². The summed E-state index contributed by atoms with van der Waals surface area (Å²) in [5, 5.41) is 0.521. The molecule has 8 heteroatoms. The van der Waals surface area contributed by atoms with Crippen LogP contribution < -0.4 is 0 Å². The van der Waals surface area contributed by atoms with Gasteiger partial charge in [0.2, 0.25) is 4.62 Å². The van der Waals surface area contributed by atoms with E-state index in [1.165, 1.54) is 0 Å². The minimum Gasteiger partial charge on any atom is -0.389 e. The van der Waals surface area contributed by atoms with E-state index in [1.807, 2.05) is 18.2 Å². The molecular weight excluding hydrogens is 452 g/mol. The Kier molecular flexibility index (Phi) is 3.45. The lowest BCUT2D eigenvalue weighted by molar-refractivity contribution is -0.358. The fourth-order valence-corrected chi connectivity index (χ4v) is 4.44. The Bertz CT molecular complexity index is 947. The Hall–Kier alpha value is -1.18. The Morgan fingerprint density at radius 1 is 1.04 bits per heavy atom. The zero-order valence-electron chi connectivity index (χ0n) is 11.5. The molecule has 0 fully saturated rings. The second-order valence-electron chi connectivity index (χ2n) is 5.27. The van der Waals surface area contributed by atoms with Crippen LogP contribution in [0.3, 0.4) is 0 Å². The van der Waals surface area contributed by atoms with Gasteiger partial charge in [0.1, 0.15) is 0 Å². The number of rotatable bonds is 1. The first-order valence-electron chi connectivity index (χ1n) is 6.81. The van der Waals surface area contributed by atoms with Crippen LogP contribution in [0.4, 0.5) is 8.63 Å². The molecule has 116 valence electrons. The van der Waals surface area contributed by atoms with Crippen LogP contribution in [0.2, 0.25) is 5.02 Å². The second-order valence-corrected chi connectivity index (χ2v) is 7.30. The minimum absolute atomic E-state index is 0.327. The lowest BCUT2D eigenvalue weighted by Crippen LogP contribution is -2.50. The Morgan fingerprint density at radius 2 is 1.78 bits per heavy atom. The van der Waals surface area contributed by atoms with Crippen LogP contribution in [0.15, 0.2) is 58.9 Å². The van der Waals surface area contributed by atoms with Crippen molar-refractivity contribution in [1.29, 1.82) is 0 Å². The SMILES string of the molecule is F[B-]1(F)n2c(Br)ccc2C(c2ccccc2Cl)=C2C=CC(Br)=[N+]21. The van der Waals surface area contributed by atoms with Crippen molar-refractivity contribution in [2.24, 2.45) is 0 Å². The maximum absolute atomic E-state index is 15.0. The van der Waals surface area contributed by atoms with E-state index in [-0.39, 0.29) is 0 Å². The third-order valence-corrected chi connectivity index (χ3v) is 5.64. The molecule has 0 radical (unpaired) electrons. The normalized spacial score (nSPS) is 18.5. The molecule has 0 spiro atoms. The highest BCUT2D eigenvalue weighted by Gasteiger charge is 2.54. The third kappa shape index (κ3) is 2.06. The molecule has 0 saturated carbocycles. The van der Waals surface area contributed by atoms with Gasteiger partial charge in [-0.2, -0.15) is 0 Å². The van der Waals surface area contributed by atoms with Crippen molar-refractivity contribution in [3.63, 3.8) is 0 Å². The first-order valence-corrected chi connectivity index (χ1v) is 8.78. The molecule has 23 heavy (non-hydrogen) atoms. The highest BCUT2D eigenvalue weighted by molar-refractivity contribution is 9.18. The number of halogens is 5. The molecule has 0 atom stereocenters. The van der Waals surface area contributed by atoms with Gasteiger partial charge >= 0.3 is 6.97 Å². The average Bonchev–Trinajstić information content (AvgIpc) is 3.06. The van der Waals surface area contributed by atoms with E-state index in [2.05, 4.69) is 31.9 Å². The summed E-state index contributed by atoms with van der Waals surface area (Å²) >= 11 is 12.8. The van der Waals surface area contributed by atoms with E-state index >= 15 is 8.63 Å². The molecule has 0 unspecified atom stereocenters. The molecule has 2 aliphatic rings. The summed E-state index contributed by atoms with van der Waals surface area (Å²) in [5.41, 5.74) is 2.28. The van der Waals surface area contributed by atoms with E-state index in [1.54, 1.807) is 30.4 Å². The number of hydrogen-bond donors (Lipinski definition) is 0. The minimum atomic E-state index is -4.00. The Morgan fingerprint density at radius 3 is 2.52 bits per heavy atom. The van der Waals surface area contributed by atoms with Gasteiger partial charge in [-0.25, -0.2) is 0 Å². The second kappa shape index (κ2) is 5.16. The van der Waals surface area contributed by atoms with Gasteiger partial charge in [0.05, 0.1) is 10.2 Å². The first-order chi connectivity index (χ1) is 10.9. The van der Waals surface area contributed by atoms with Crippen molar-refractivity contribution in [2.45, 2.75) is 0 Å². The summed E-state index contributed by atoms with van der Waals surface area (Å²) in [4.78, 5) is 0. The van der Waals surface area contributed by atoms with Crippen molar-refractivity contribution >= 4 is 60.6 Å². The van der Waals surface area contributed by atoms with Crippen LogP contribution in [-0.4, -0.2) is 20.6 Å². The number of nitrogens with zero attached hydrogens (tertiary/aromatic N) is 2. The molecule has 2 nitrogen and oxygen atoms in total. The topological polar surface area (TPSA) is 7.94 Å². The van der Waals surface area contributed by atoms with Crippen LogP contribution in [0.1, 0.15) is 11.3 Å². The van der Waals surface area contributed by atoms with Crippen LogP contribution in [0.25, 0.3) is 5.57 Å². The van der Waals surface area contributed by atoms with Crippen LogP contribution in [0.5, 0.6) is 0 Å². The Labute approximate surface area is 153 Å². The Balaban J connectivity index is 2.15. The molecule has 2 aliphatic heterocycles. The fourth-order valence-electron chi connectivity index (χ4n) is 3.07. The largest absolute Gasteiger partial charge is 0.738 e. The number of allylic oxidation sites excluding steroid dienone is 2. The van der Waals surface area contributed by atoms with E-state index in [0.29, 0.717) is 31.2 Å². The van der Waals surface area contributed by atoms with Gasteiger partial charge in [-0.3, -0.25) is 0 Å². The van der Waals surface area contributed by atoms with E-state index in [4.69, 9.17) is 11.6 Å². The first kappa shape index (κ1) is 15.4. The summed E-state index contributed by atoms with van der Waals surface area (Å²) in [6.07, 6.45) is 3.31. The zero-order valence-corrected chi connectivity index (χ0v) is 15.4. The average molecular weight is 460 g/mol. The lowest BCUT2D eigenvalue weighted by atomic mass is 9.86. The maximum Gasteiger partial charge on any atom is 0.738 e. The van der Waals surface area contributed by atoms with Crippen LogP contribution in [0, 0.1) is 0 Å². The highest BCUT2D eigenvalue weighted by Crippen LogP contribution is 2.43. The standard InChI is InChI=1S/C15H8BBr2ClF2N2/c17-13-7-5-11-15(9-3-1-2-4-10(9)19)12-6-8-14(18)23(12)16(20,21)22(11)13/h1-8H. The van der Waals surface area contributed by atoms with Crippen molar-refractivity contribution < 1.29 is 13.1 Å². The van der Waals surface area contributed by atoms with Gasteiger partial charge < -0.3 is 17.6 Å². The molecule has 1 aromatic heterocycles. The zero-order chi connectivity index (χ0) is 16.4. The van der Waals surface area contributed by atoms with Gasteiger partial charge in [-0.1, -0.05) is 29.8 Å². The predicted octanol–water partition coefficient (Wildman–Crippen LogP) is 5.28. The van der Waals surface area contributed by atoms with Crippen LogP contribution in [-0.2, 0) is 0 Å². The molecule has 0 saturated heterocycles. The molecule has 3 heterocycles. The summed E-state index contributed by atoms with van der Waals surface area (Å²) < 4.78 is 32.8. The monoisotopic (exact) mass is 458 g/mol. The summed E-state index contributed by atoms with van der Waals surface area (Å²) in [6.45, 7) is -4.00. The van der Waals surface area contributed by atoms with E-state index in [9.17, 15) is 0 Å². The third-order valence-electron chi connectivity index (χ3n) is 4.01. The van der Waals surface area contributed by atoms with Gasteiger partial charge in [0.25, 0.3) is 0 Å². The van der Waals surface area contributed by atoms with E-state index < -0.39 is 6.97 Å². The number of benzene rings is 1. The van der Waals surface area contributed by atoms with Crippen LogP contribution >= 0.6 is 43.5 Å². The van der Waals surface area contributed by atoms with Crippen molar-refractivity contribution in [3.8, 4) is 0 Å². The van der Waals surface area contributed by atoms with E-state index in [0.717, 1.165) is 14.5 Å². The molecular formula is C15H8BBr2ClF2N2. The smallest absolute Gasteiger partial charge is 0.389 e. The summed E-state index contributed by atoms with van der Waals surface area (Å²) in [5.74, 6) is 0. The van der Waals surface area contributed by atoms with Gasteiger partial charge in [-0.05, 0) is 34.1 Å². The highest BCUT2D eigenvalue weighted by atomic mass is 79.9. The lowest BCUT2D eigenvalue weighted by Gasteiger charge is -2.32. The molecule has 4 rings (SSSR count). The molecule has 0 bridgehead atoms. The van der Waals surface area contributed by atoms with Gasteiger partial charge in [0, 0.05) is 44.4 Å². The summed E-state index contributed by atoms with van der Waals surface area (Å²) in [6, 6.07) is 10.6. The fraction of sp³-hybridized carbons (Fsp3) is 0. The van der Waals surface area contributed by atoms with Gasteiger partial charge in [0.15, 0.2) is 5.70 Å². The number of aromatic nitrogens is 1. The number of fused-ring (bicyclic) bond motifs is 2. The summed E-state index contributed by atoms with van der Waals surface area (Å²) in [7, 11) is 0. The number of hydrogen-bond acceptors (Lipinski definition) is 0. The quantitative estimate of drug-likeness (QED) is 0.513.